The van der Waals surface area contributed by atoms with Crippen LogP contribution in [-0.4, -0.2) is 22.5 Å². The molecule has 1 N–H and O–H groups in total. The number of aromatic nitrogens is 2. The minimum absolute atomic E-state index is 0.00838. The number of nitrogens with zero attached hydrogens (tertiary/aromatic N) is 1. The van der Waals surface area contributed by atoms with Gasteiger partial charge < -0.3 is 9.72 Å². The summed E-state index contributed by atoms with van der Waals surface area (Å²) in [5.41, 5.74) is 0.699. The van der Waals surface area contributed by atoms with Gasteiger partial charge in [-0.05, 0) is 31.2 Å². The van der Waals surface area contributed by atoms with Crippen LogP contribution in [0.1, 0.15) is 54.7 Å². The van der Waals surface area contributed by atoms with Crippen molar-refractivity contribution in [3.05, 3.63) is 26.6 Å². The molecule has 2 aromatic heterocycles. The third kappa shape index (κ3) is 3.55. The maximum Gasteiger partial charge on any atom is 0.374 e. The third-order valence-corrected chi connectivity index (χ3v) is 4.63. The van der Waals surface area contributed by atoms with Crippen molar-refractivity contribution in [2.45, 2.75) is 47.0 Å². The first-order chi connectivity index (χ1) is 10.4. The van der Waals surface area contributed by atoms with Crippen molar-refractivity contribution in [1.29, 1.82) is 0 Å². The molecule has 0 aliphatic carbocycles. The molecular formula is C16H22N2O3S. The van der Waals surface area contributed by atoms with Crippen molar-refractivity contribution in [1.82, 2.24) is 9.97 Å². The Balaban J connectivity index is 2.36. The number of ether oxygens (including phenoxy) is 1. The molecule has 0 aliphatic rings. The van der Waals surface area contributed by atoms with Gasteiger partial charge >= 0.3 is 5.97 Å². The molecule has 0 radical (unpaired) electrons. The summed E-state index contributed by atoms with van der Waals surface area (Å²) in [5.74, 6) is -0.0702. The highest BCUT2D eigenvalue weighted by Crippen LogP contribution is 2.28. The number of carbonyl (C=O) groups is 1. The molecule has 6 heteroatoms. The number of aromatic amines is 1. The molecule has 0 bridgehead atoms. The van der Waals surface area contributed by atoms with E-state index in [1.165, 1.54) is 11.3 Å². The molecule has 0 aliphatic heterocycles. The lowest BCUT2D eigenvalue weighted by atomic mass is 10.1. The van der Waals surface area contributed by atoms with Gasteiger partial charge in [-0.1, -0.05) is 27.2 Å². The summed E-state index contributed by atoms with van der Waals surface area (Å²) >= 11 is 1.49. The highest BCUT2D eigenvalue weighted by Gasteiger charge is 2.18. The van der Waals surface area contributed by atoms with Gasteiger partial charge in [0.1, 0.15) is 4.83 Å². The predicted molar refractivity (Wildman–Crippen MR) is 88.7 cm³/mol. The minimum Gasteiger partial charge on any atom is -0.460 e. The molecule has 0 aromatic carbocycles. The summed E-state index contributed by atoms with van der Waals surface area (Å²) in [6.45, 7) is 8.58. The molecule has 22 heavy (non-hydrogen) atoms. The average molecular weight is 322 g/mol. The lowest BCUT2D eigenvalue weighted by molar-refractivity contribution is 0.0485. The number of unbranched alkanes of at least 4 members (excludes halogenated alkanes) is 1. The molecule has 2 aromatic rings. The number of carbonyl (C=O) groups excluding carboxylic acids is 1. The number of hydrogen-bond donors (Lipinski definition) is 1. The summed E-state index contributed by atoms with van der Waals surface area (Å²) < 4.78 is 5.11. The Bertz CT molecular complexity index is 731. The maximum atomic E-state index is 12.3. The Morgan fingerprint density at radius 1 is 1.41 bits per heavy atom. The second-order valence-corrected chi connectivity index (χ2v) is 6.92. The predicted octanol–water partition coefficient (Wildman–Crippen LogP) is 3.45. The number of nitrogens with one attached hydrogen (secondary N) is 1. The number of esters is 1. The highest BCUT2D eigenvalue weighted by molar-refractivity contribution is 7.18. The number of aryl methyl sites for hydroxylation is 1. The highest BCUT2D eigenvalue weighted by atomic mass is 32.1. The fraction of sp³-hybridized carbons (Fsp3) is 0.562. The summed E-state index contributed by atoms with van der Waals surface area (Å²) in [4.78, 5) is 32.8. The number of thiophene rings is 1. The molecule has 5 nitrogen and oxygen atoms in total. The van der Waals surface area contributed by atoms with Gasteiger partial charge in [0.2, 0.25) is 5.82 Å². The number of hydrogen-bond acceptors (Lipinski definition) is 5. The van der Waals surface area contributed by atoms with Crippen LogP contribution in [0.4, 0.5) is 0 Å². The number of rotatable bonds is 6. The van der Waals surface area contributed by atoms with Crippen LogP contribution >= 0.6 is 11.3 Å². The zero-order valence-electron chi connectivity index (χ0n) is 13.5. The Morgan fingerprint density at radius 2 is 2.14 bits per heavy atom. The lowest BCUT2D eigenvalue weighted by Gasteiger charge is -2.03. The van der Waals surface area contributed by atoms with Crippen LogP contribution in [0, 0.1) is 12.8 Å². The molecule has 0 unspecified atom stereocenters. The molecule has 0 spiro atoms. The number of H-pyrrole nitrogens is 1. The Kier molecular flexibility index (Phi) is 5.34. The Morgan fingerprint density at radius 3 is 2.77 bits per heavy atom. The van der Waals surface area contributed by atoms with Crippen LogP contribution in [0.15, 0.2) is 4.79 Å². The van der Waals surface area contributed by atoms with Crippen LogP contribution in [0.2, 0.25) is 0 Å². The zero-order chi connectivity index (χ0) is 16.3. The quantitative estimate of drug-likeness (QED) is 0.653. The van der Waals surface area contributed by atoms with Crippen molar-refractivity contribution in [3.8, 4) is 0 Å². The van der Waals surface area contributed by atoms with Gasteiger partial charge in [0.05, 0.1) is 12.0 Å². The Hall–Kier alpha value is -1.69. The first-order valence-corrected chi connectivity index (χ1v) is 8.45. The van der Waals surface area contributed by atoms with Crippen molar-refractivity contribution < 1.29 is 9.53 Å². The largest absolute Gasteiger partial charge is 0.460 e. The summed E-state index contributed by atoms with van der Waals surface area (Å²) in [6, 6.07) is 0. The smallest absolute Gasteiger partial charge is 0.374 e. The van der Waals surface area contributed by atoms with E-state index in [4.69, 9.17) is 4.74 Å². The van der Waals surface area contributed by atoms with Gasteiger partial charge in [-0.15, -0.1) is 11.3 Å². The molecule has 0 amide bonds. The topological polar surface area (TPSA) is 72.0 Å². The SMILES string of the molecule is CCCCOC(=O)c1nc2sc(CC(C)C)c(C)c2c(=O)[nH]1. The average Bonchev–Trinajstić information content (AvgIpc) is 2.75. The van der Waals surface area contributed by atoms with Gasteiger partial charge in [0.25, 0.3) is 5.56 Å². The first kappa shape index (κ1) is 16.7. The minimum atomic E-state index is -0.566. The first-order valence-electron chi connectivity index (χ1n) is 7.63. The molecule has 2 heterocycles. The molecule has 0 atom stereocenters. The van der Waals surface area contributed by atoms with Crippen LogP contribution in [0.3, 0.4) is 0 Å². The summed E-state index contributed by atoms with van der Waals surface area (Å²) in [7, 11) is 0. The van der Waals surface area contributed by atoms with Gasteiger partial charge in [-0.3, -0.25) is 4.79 Å². The van der Waals surface area contributed by atoms with E-state index >= 15 is 0 Å². The maximum absolute atomic E-state index is 12.3. The summed E-state index contributed by atoms with van der Waals surface area (Å²) in [6.07, 6.45) is 2.65. The van der Waals surface area contributed by atoms with Crippen LogP contribution in [0.5, 0.6) is 0 Å². The van der Waals surface area contributed by atoms with Crippen molar-refractivity contribution in [2.75, 3.05) is 6.61 Å². The van der Waals surface area contributed by atoms with Gasteiger partial charge in [-0.25, -0.2) is 9.78 Å². The fourth-order valence-electron chi connectivity index (χ4n) is 2.23. The molecule has 0 fully saturated rings. The van der Waals surface area contributed by atoms with Gasteiger partial charge in [-0.2, -0.15) is 0 Å². The summed E-state index contributed by atoms with van der Waals surface area (Å²) in [5, 5.41) is 0.589. The van der Waals surface area contributed by atoms with E-state index in [2.05, 4.69) is 23.8 Å². The van der Waals surface area contributed by atoms with E-state index in [0.717, 1.165) is 29.7 Å². The fourth-order valence-corrected chi connectivity index (χ4v) is 3.62. The van der Waals surface area contributed by atoms with E-state index in [1.807, 2.05) is 13.8 Å². The van der Waals surface area contributed by atoms with Crippen molar-refractivity contribution in [3.63, 3.8) is 0 Å². The van der Waals surface area contributed by atoms with Crippen LogP contribution < -0.4 is 5.56 Å². The number of fused-ring (bicyclic) bond motifs is 1. The van der Waals surface area contributed by atoms with Gasteiger partial charge in [0.15, 0.2) is 0 Å². The molecule has 120 valence electrons. The van der Waals surface area contributed by atoms with Crippen molar-refractivity contribution in [2.24, 2.45) is 5.92 Å². The van der Waals surface area contributed by atoms with E-state index in [1.54, 1.807) is 0 Å². The molecule has 0 saturated carbocycles. The monoisotopic (exact) mass is 322 g/mol. The Labute approximate surface area is 133 Å². The second kappa shape index (κ2) is 7.05. The van der Waals surface area contributed by atoms with Crippen LogP contribution in [-0.2, 0) is 11.2 Å². The van der Waals surface area contributed by atoms with E-state index in [0.29, 0.717) is 22.7 Å². The second-order valence-electron chi connectivity index (χ2n) is 5.83. The van der Waals surface area contributed by atoms with E-state index < -0.39 is 5.97 Å². The van der Waals surface area contributed by atoms with Crippen LogP contribution in [0.25, 0.3) is 10.2 Å². The molecule has 0 saturated heterocycles. The molecule has 2 rings (SSSR count). The standard InChI is InChI=1S/C16H22N2O3S/c1-5-6-7-21-16(20)13-17-14(19)12-10(4)11(8-9(2)3)22-15(12)18-13/h9H,5-8H2,1-4H3,(H,17,18,19). The molecular weight excluding hydrogens is 300 g/mol. The van der Waals surface area contributed by atoms with E-state index in [-0.39, 0.29) is 11.4 Å². The zero-order valence-corrected chi connectivity index (χ0v) is 14.3. The normalized spacial score (nSPS) is 11.3. The van der Waals surface area contributed by atoms with Gasteiger partial charge in [0, 0.05) is 4.88 Å². The third-order valence-electron chi connectivity index (χ3n) is 3.42. The van der Waals surface area contributed by atoms with Crippen molar-refractivity contribution >= 4 is 27.5 Å². The van der Waals surface area contributed by atoms with E-state index in [9.17, 15) is 9.59 Å². The lowest BCUT2D eigenvalue weighted by Crippen LogP contribution is -2.17.